The highest BCUT2D eigenvalue weighted by Crippen LogP contribution is 2.44. The van der Waals surface area contributed by atoms with E-state index in [2.05, 4.69) is 4.98 Å². The summed E-state index contributed by atoms with van der Waals surface area (Å²) in [7, 11) is 0. The zero-order valence-corrected chi connectivity index (χ0v) is 12.5. The molecule has 8 heteroatoms. The minimum atomic E-state index is -4.90. The number of rotatable bonds is 1. The van der Waals surface area contributed by atoms with E-state index in [4.69, 9.17) is 0 Å². The number of fused-ring (bicyclic) bond motifs is 1. The van der Waals surface area contributed by atoms with Crippen LogP contribution >= 0.6 is 0 Å². The zero-order chi connectivity index (χ0) is 17.7. The Balaban J connectivity index is 2.15. The Morgan fingerprint density at radius 1 is 0.958 bits per heavy atom. The molecule has 2 aromatic rings. The first kappa shape index (κ1) is 16.6. The summed E-state index contributed by atoms with van der Waals surface area (Å²) in [5.41, 5.74) is -1.55. The largest absolute Gasteiger partial charge is 0.418 e. The van der Waals surface area contributed by atoms with Gasteiger partial charge in [-0.25, -0.2) is 4.98 Å². The highest BCUT2D eigenvalue weighted by molar-refractivity contribution is 5.70. The number of aromatic nitrogens is 1. The van der Waals surface area contributed by atoms with Crippen molar-refractivity contribution in [3.63, 3.8) is 0 Å². The summed E-state index contributed by atoms with van der Waals surface area (Å²) >= 11 is 0. The first-order valence-corrected chi connectivity index (χ1v) is 7.10. The number of aryl methyl sites for hydroxylation is 1. The molecule has 0 amide bonds. The van der Waals surface area contributed by atoms with Gasteiger partial charge < -0.3 is 4.90 Å². The maximum absolute atomic E-state index is 13.3. The highest BCUT2D eigenvalue weighted by Gasteiger charge is 2.40. The van der Waals surface area contributed by atoms with E-state index in [9.17, 15) is 26.3 Å². The Labute approximate surface area is 133 Å². The van der Waals surface area contributed by atoms with Gasteiger partial charge in [0.05, 0.1) is 16.8 Å². The van der Waals surface area contributed by atoms with E-state index in [1.165, 1.54) is 4.90 Å². The standard InChI is InChI=1S/C16H12F6N2/c1-9-2-3-10-6-7-24(14(10)23-9)13-5-4-11(15(17,18)19)8-12(13)16(20,21)22/h2-5,8H,6-7H2,1H3. The SMILES string of the molecule is Cc1ccc2c(n1)N(c1ccc(C(F)(F)F)cc1C(F)(F)F)CC2. The molecule has 0 radical (unpaired) electrons. The Hall–Kier alpha value is -2.25. The van der Waals surface area contributed by atoms with Crippen molar-refractivity contribution in [1.29, 1.82) is 0 Å². The third-order valence-corrected chi connectivity index (χ3v) is 3.88. The number of anilines is 2. The lowest BCUT2D eigenvalue weighted by molar-refractivity contribution is -0.142. The summed E-state index contributed by atoms with van der Waals surface area (Å²) in [6, 6.07) is 5.21. The van der Waals surface area contributed by atoms with Crippen molar-refractivity contribution < 1.29 is 26.3 Å². The molecule has 0 saturated carbocycles. The van der Waals surface area contributed by atoms with Crippen LogP contribution in [0.15, 0.2) is 30.3 Å². The second kappa shape index (κ2) is 5.39. The van der Waals surface area contributed by atoms with E-state index < -0.39 is 23.5 Å². The molecule has 0 fully saturated rings. The molecular formula is C16H12F6N2. The Morgan fingerprint density at radius 2 is 1.67 bits per heavy atom. The fourth-order valence-corrected chi connectivity index (χ4v) is 2.75. The van der Waals surface area contributed by atoms with Gasteiger partial charge in [0.25, 0.3) is 0 Å². The number of pyridine rings is 1. The summed E-state index contributed by atoms with van der Waals surface area (Å²) in [4.78, 5) is 5.57. The van der Waals surface area contributed by atoms with Crippen molar-refractivity contribution in [2.24, 2.45) is 0 Å². The first-order valence-electron chi connectivity index (χ1n) is 7.10. The van der Waals surface area contributed by atoms with Gasteiger partial charge in [0.15, 0.2) is 0 Å². The molecule has 1 aliphatic rings. The van der Waals surface area contributed by atoms with Crippen molar-refractivity contribution in [1.82, 2.24) is 4.98 Å². The number of benzene rings is 1. The lowest BCUT2D eigenvalue weighted by atomic mass is 10.1. The molecule has 0 bridgehead atoms. The van der Waals surface area contributed by atoms with Gasteiger partial charge in [-0.2, -0.15) is 26.3 Å². The molecule has 128 valence electrons. The Morgan fingerprint density at radius 3 is 2.29 bits per heavy atom. The van der Waals surface area contributed by atoms with Crippen LogP contribution in [-0.2, 0) is 18.8 Å². The number of nitrogens with zero attached hydrogens (tertiary/aromatic N) is 2. The van der Waals surface area contributed by atoms with Crippen LogP contribution in [0.2, 0.25) is 0 Å². The lowest BCUT2D eigenvalue weighted by Gasteiger charge is -2.24. The molecule has 0 atom stereocenters. The molecule has 24 heavy (non-hydrogen) atoms. The van der Waals surface area contributed by atoms with Crippen LogP contribution in [0, 0.1) is 6.92 Å². The van der Waals surface area contributed by atoms with Gasteiger partial charge in [-0.3, -0.25) is 0 Å². The van der Waals surface area contributed by atoms with Crippen molar-refractivity contribution in [2.45, 2.75) is 25.7 Å². The topological polar surface area (TPSA) is 16.1 Å². The third-order valence-electron chi connectivity index (χ3n) is 3.88. The lowest BCUT2D eigenvalue weighted by Crippen LogP contribution is -2.21. The van der Waals surface area contributed by atoms with Gasteiger partial charge in [-0.15, -0.1) is 0 Å². The summed E-state index contributed by atoms with van der Waals surface area (Å²) in [5.74, 6) is 0.361. The fourth-order valence-electron chi connectivity index (χ4n) is 2.75. The third kappa shape index (κ3) is 2.92. The second-order valence-corrected chi connectivity index (χ2v) is 5.56. The quantitative estimate of drug-likeness (QED) is 0.666. The van der Waals surface area contributed by atoms with Crippen LogP contribution in [0.5, 0.6) is 0 Å². The molecule has 0 unspecified atom stereocenters. The van der Waals surface area contributed by atoms with Crippen molar-refractivity contribution in [3.8, 4) is 0 Å². The van der Waals surface area contributed by atoms with Crippen LogP contribution < -0.4 is 4.90 Å². The maximum Gasteiger partial charge on any atom is 0.418 e. The summed E-state index contributed by atoms with van der Waals surface area (Å²) in [6.07, 6.45) is -9.25. The minimum Gasteiger partial charge on any atom is -0.325 e. The van der Waals surface area contributed by atoms with Crippen molar-refractivity contribution in [2.75, 3.05) is 11.4 Å². The summed E-state index contributed by atoms with van der Waals surface area (Å²) in [5, 5.41) is 0. The molecule has 0 aliphatic carbocycles. The normalized spacial score (nSPS) is 14.9. The molecular weight excluding hydrogens is 334 g/mol. The monoisotopic (exact) mass is 346 g/mol. The zero-order valence-electron chi connectivity index (χ0n) is 12.5. The van der Waals surface area contributed by atoms with Crippen LogP contribution in [0.3, 0.4) is 0 Å². The molecule has 1 aromatic carbocycles. The van der Waals surface area contributed by atoms with Crippen molar-refractivity contribution in [3.05, 3.63) is 52.7 Å². The van der Waals surface area contributed by atoms with E-state index in [1.54, 1.807) is 19.1 Å². The highest BCUT2D eigenvalue weighted by atomic mass is 19.4. The maximum atomic E-state index is 13.3. The summed E-state index contributed by atoms with van der Waals surface area (Å²) in [6.45, 7) is 1.94. The molecule has 0 N–H and O–H groups in total. The van der Waals surface area contributed by atoms with Crippen LogP contribution in [0.25, 0.3) is 0 Å². The minimum absolute atomic E-state index is 0.156. The molecule has 2 nitrogen and oxygen atoms in total. The van der Waals surface area contributed by atoms with E-state index in [-0.39, 0.29) is 18.3 Å². The van der Waals surface area contributed by atoms with Gasteiger partial charge in [0.1, 0.15) is 5.82 Å². The van der Waals surface area contributed by atoms with Crippen molar-refractivity contribution >= 4 is 11.5 Å². The predicted octanol–water partition coefficient (Wildman–Crippen LogP) is 5.12. The smallest absolute Gasteiger partial charge is 0.325 e. The summed E-state index contributed by atoms with van der Waals surface area (Å²) < 4.78 is 78.2. The molecule has 2 heterocycles. The van der Waals surface area contributed by atoms with E-state index in [1.807, 2.05) is 0 Å². The second-order valence-electron chi connectivity index (χ2n) is 5.56. The van der Waals surface area contributed by atoms with Crippen LogP contribution in [0.4, 0.5) is 37.8 Å². The molecule has 1 aliphatic heterocycles. The van der Waals surface area contributed by atoms with Gasteiger partial charge >= 0.3 is 12.4 Å². The number of halogens is 6. The van der Waals surface area contributed by atoms with E-state index in [0.29, 0.717) is 24.0 Å². The van der Waals surface area contributed by atoms with Crippen LogP contribution in [0.1, 0.15) is 22.4 Å². The van der Waals surface area contributed by atoms with Gasteiger partial charge in [0, 0.05) is 12.2 Å². The molecule has 0 spiro atoms. The Kier molecular flexibility index (Phi) is 3.73. The van der Waals surface area contributed by atoms with Gasteiger partial charge in [-0.05, 0) is 43.2 Å². The van der Waals surface area contributed by atoms with E-state index >= 15 is 0 Å². The number of alkyl halides is 6. The number of hydrogen-bond acceptors (Lipinski definition) is 2. The Bertz CT molecular complexity index is 779. The fraction of sp³-hybridized carbons (Fsp3) is 0.312. The average Bonchev–Trinajstić information content (AvgIpc) is 2.87. The van der Waals surface area contributed by atoms with E-state index in [0.717, 1.165) is 11.6 Å². The number of hydrogen-bond donors (Lipinski definition) is 0. The van der Waals surface area contributed by atoms with Crippen LogP contribution in [-0.4, -0.2) is 11.5 Å². The first-order chi connectivity index (χ1) is 11.1. The van der Waals surface area contributed by atoms with Gasteiger partial charge in [-0.1, -0.05) is 6.07 Å². The predicted molar refractivity (Wildman–Crippen MR) is 76.1 cm³/mol. The molecule has 0 saturated heterocycles. The van der Waals surface area contributed by atoms with Gasteiger partial charge in [0.2, 0.25) is 0 Å². The molecule has 1 aromatic heterocycles. The average molecular weight is 346 g/mol. The molecule has 3 rings (SSSR count).